The summed E-state index contributed by atoms with van der Waals surface area (Å²) in [5.41, 5.74) is -0.412. The predicted molar refractivity (Wildman–Crippen MR) is 75.2 cm³/mol. The van der Waals surface area contributed by atoms with Gasteiger partial charge in [0, 0.05) is 44.3 Å². The van der Waals surface area contributed by atoms with Crippen LogP contribution in [0.1, 0.15) is 34.6 Å². The largest absolute Gasteiger partial charge is 0.444 e. The van der Waals surface area contributed by atoms with Crippen molar-refractivity contribution in [2.75, 3.05) is 32.7 Å². The highest BCUT2D eigenvalue weighted by atomic mass is 16.6. The van der Waals surface area contributed by atoms with Crippen LogP contribution in [0.4, 0.5) is 4.79 Å². The lowest BCUT2D eigenvalue weighted by Crippen LogP contribution is -2.70. The molecular weight excluding hydrogens is 242 g/mol. The number of hydrogen-bond donors (Lipinski definition) is 1. The highest BCUT2D eigenvalue weighted by Gasteiger charge is 2.43. The van der Waals surface area contributed by atoms with E-state index in [1.165, 1.54) is 0 Å². The molecule has 1 N–H and O–H groups in total. The van der Waals surface area contributed by atoms with E-state index in [2.05, 4.69) is 24.1 Å². The summed E-state index contributed by atoms with van der Waals surface area (Å²) in [6.07, 6.45) is -0.189. The van der Waals surface area contributed by atoms with E-state index in [0.717, 1.165) is 32.7 Å². The topological polar surface area (TPSA) is 44.8 Å². The van der Waals surface area contributed by atoms with Gasteiger partial charge in [-0.3, -0.25) is 4.90 Å². The molecule has 5 heteroatoms. The molecule has 2 heterocycles. The molecule has 0 aromatic rings. The molecule has 2 aliphatic rings. The van der Waals surface area contributed by atoms with Gasteiger partial charge in [0.2, 0.25) is 0 Å². The summed E-state index contributed by atoms with van der Waals surface area (Å²) in [4.78, 5) is 16.6. The van der Waals surface area contributed by atoms with Gasteiger partial charge in [0.25, 0.3) is 0 Å². The van der Waals surface area contributed by atoms with Crippen LogP contribution in [0.25, 0.3) is 0 Å². The fourth-order valence-corrected chi connectivity index (χ4v) is 3.06. The first-order valence-corrected chi connectivity index (χ1v) is 7.14. The Morgan fingerprint density at radius 2 is 2.05 bits per heavy atom. The third-order valence-corrected chi connectivity index (χ3v) is 3.79. The van der Waals surface area contributed by atoms with Crippen molar-refractivity contribution in [1.82, 2.24) is 15.1 Å². The maximum Gasteiger partial charge on any atom is 0.410 e. The fourth-order valence-electron chi connectivity index (χ4n) is 3.06. The molecule has 0 radical (unpaired) electrons. The van der Waals surface area contributed by atoms with Crippen molar-refractivity contribution in [2.45, 2.75) is 51.8 Å². The van der Waals surface area contributed by atoms with Crippen molar-refractivity contribution in [2.24, 2.45) is 0 Å². The van der Waals surface area contributed by atoms with Crippen molar-refractivity contribution in [1.29, 1.82) is 0 Å². The summed E-state index contributed by atoms with van der Waals surface area (Å²) in [5.74, 6) is 0. The summed E-state index contributed by atoms with van der Waals surface area (Å²) in [7, 11) is 0. The van der Waals surface area contributed by atoms with Crippen LogP contribution in [-0.4, -0.2) is 65.8 Å². The lowest BCUT2D eigenvalue weighted by atomic mass is 9.93. The lowest BCUT2D eigenvalue weighted by Gasteiger charge is -2.53. The number of piperazine rings is 2. The van der Waals surface area contributed by atoms with Crippen LogP contribution in [0.5, 0.6) is 0 Å². The molecule has 2 fully saturated rings. The van der Waals surface area contributed by atoms with Crippen LogP contribution in [0.2, 0.25) is 0 Å². The van der Waals surface area contributed by atoms with Crippen LogP contribution in [0, 0.1) is 0 Å². The number of fused-ring (bicyclic) bond motifs is 1. The normalized spacial score (nSPS) is 27.8. The Bertz CT molecular complexity index is 349. The molecule has 2 saturated heterocycles. The number of rotatable bonds is 0. The second-order valence-electron chi connectivity index (χ2n) is 7.22. The summed E-state index contributed by atoms with van der Waals surface area (Å²) >= 11 is 0. The highest BCUT2D eigenvalue weighted by Crippen LogP contribution is 2.27. The first-order valence-electron chi connectivity index (χ1n) is 7.14. The van der Waals surface area contributed by atoms with Crippen LogP contribution >= 0.6 is 0 Å². The smallest absolute Gasteiger partial charge is 0.410 e. The Morgan fingerprint density at radius 1 is 1.37 bits per heavy atom. The van der Waals surface area contributed by atoms with Gasteiger partial charge < -0.3 is 15.0 Å². The molecule has 1 amide bonds. The Balaban J connectivity index is 2.06. The number of carbonyl (C=O) groups excluding carboxylic acids is 1. The molecular formula is C14H27N3O2. The van der Waals surface area contributed by atoms with Crippen molar-refractivity contribution < 1.29 is 9.53 Å². The number of carbonyl (C=O) groups is 1. The molecule has 0 saturated carbocycles. The number of nitrogens with zero attached hydrogens (tertiary/aromatic N) is 2. The van der Waals surface area contributed by atoms with Crippen LogP contribution in [-0.2, 0) is 4.74 Å². The molecule has 0 bridgehead atoms. The zero-order valence-electron chi connectivity index (χ0n) is 12.8. The third kappa shape index (κ3) is 3.39. The average Bonchev–Trinajstić information content (AvgIpc) is 2.25. The predicted octanol–water partition coefficient (Wildman–Crippen LogP) is 1.29. The Morgan fingerprint density at radius 3 is 2.68 bits per heavy atom. The first kappa shape index (κ1) is 14.6. The van der Waals surface area contributed by atoms with Crippen molar-refractivity contribution in [3.8, 4) is 0 Å². The molecule has 0 spiro atoms. The molecule has 2 aliphatic heterocycles. The zero-order valence-corrected chi connectivity index (χ0v) is 12.8. The van der Waals surface area contributed by atoms with Gasteiger partial charge >= 0.3 is 6.09 Å². The summed E-state index contributed by atoms with van der Waals surface area (Å²) in [6, 6.07) is 0.394. The minimum Gasteiger partial charge on any atom is -0.444 e. The minimum absolute atomic E-state index is 0.0158. The summed E-state index contributed by atoms with van der Waals surface area (Å²) in [6.45, 7) is 14.7. The molecule has 19 heavy (non-hydrogen) atoms. The standard InChI is InChI=1S/C14H27N3O2/c1-13(2,3)19-12(18)16-9-11-8-15-6-7-17(11)14(4,5)10-16/h11,15H,6-10H2,1-5H3. The number of ether oxygens (including phenoxy) is 1. The van der Waals surface area contributed by atoms with E-state index in [9.17, 15) is 4.79 Å². The molecule has 1 unspecified atom stereocenters. The van der Waals surface area contributed by atoms with Gasteiger partial charge in [-0.1, -0.05) is 0 Å². The SMILES string of the molecule is CC(C)(C)OC(=O)N1CC2CNCCN2C(C)(C)C1. The van der Waals surface area contributed by atoms with Gasteiger partial charge in [-0.15, -0.1) is 0 Å². The quantitative estimate of drug-likeness (QED) is 0.720. The van der Waals surface area contributed by atoms with Gasteiger partial charge in [0.15, 0.2) is 0 Å². The molecule has 0 aromatic carbocycles. The monoisotopic (exact) mass is 269 g/mol. The van der Waals surface area contributed by atoms with E-state index >= 15 is 0 Å². The van der Waals surface area contributed by atoms with E-state index < -0.39 is 5.60 Å². The lowest BCUT2D eigenvalue weighted by molar-refractivity contribution is -0.0480. The van der Waals surface area contributed by atoms with Gasteiger partial charge in [0.05, 0.1) is 0 Å². The Kier molecular flexibility index (Phi) is 3.80. The van der Waals surface area contributed by atoms with Gasteiger partial charge in [0.1, 0.15) is 5.60 Å². The molecule has 1 atom stereocenters. The molecule has 5 nitrogen and oxygen atoms in total. The second kappa shape index (κ2) is 4.94. The van der Waals surface area contributed by atoms with Crippen molar-refractivity contribution in [3.63, 3.8) is 0 Å². The molecule has 2 rings (SSSR count). The van der Waals surface area contributed by atoms with E-state index in [-0.39, 0.29) is 11.6 Å². The molecule has 0 aliphatic carbocycles. The molecule has 0 aromatic heterocycles. The maximum atomic E-state index is 12.2. The van der Waals surface area contributed by atoms with E-state index in [1.54, 1.807) is 0 Å². The fraction of sp³-hybridized carbons (Fsp3) is 0.929. The highest BCUT2D eigenvalue weighted by molar-refractivity contribution is 5.68. The minimum atomic E-state index is -0.427. The number of hydrogen-bond acceptors (Lipinski definition) is 4. The number of nitrogens with one attached hydrogen (secondary N) is 1. The van der Waals surface area contributed by atoms with Crippen LogP contribution in [0.15, 0.2) is 0 Å². The average molecular weight is 269 g/mol. The zero-order chi connectivity index (χ0) is 14.3. The Hall–Kier alpha value is -0.810. The Labute approximate surface area is 116 Å². The van der Waals surface area contributed by atoms with E-state index in [4.69, 9.17) is 4.74 Å². The van der Waals surface area contributed by atoms with Crippen LogP contribution < -0.4 is 5.32 Å². The van der Waals surface area contributed by atoms with E-state index in [1.807, 2.05) is 25.7 Å². The van der Waals surface area contributed by atoms with E-state index in [0.29, 0.717) is 6.04 Å². The van der Waals surface area contributed by atoms with Crippen LogP contribution in [0.3, 0.4) is 0 Å². The first-order chi connectivity index (χ1) is 8.69. The van der Waals surface area contributed by atoms with Crippen molar-refractivity contribution in [3.05, 3.63) is 0 Å². The second-order valence-corrected chi connectivity index (χ2v) is 7.22. The summed E-state index contributed by atoms with van der Waals surface area (Å²) < 4.78 is 5.50. The van der Waals surface area contributed by atoms with Crippen molar-refractivity contribution >= 4 is 6.09 Å². The third-order valence-electron chi connectivity index (χ3n) is 3.79. The van der Waals surface area contributed by atoms with Gasteiger partial charge in [-0.05, 0) is 34.6 Å². The summed E-state index contributed by atoms with van der Waals surface area (Å²) in [5, 5.41) is 3.41. The van der Waals surface area contributed by atoms with Gasteiger partial charge in [-0.2, -0.15) is 0 Å². The van der Waals surface area contributed by atoms with Gasteiger partial charge in [-0.25, -0.2) is 4.79 Å². The number of amides is 1. The maximum absolute atomic E-state index is 12.2. The molecule has 110 valence electrons.